The van der Waals surface area contributed by atoms with E-state index in [1.807, 2.05) is 11.8 Å². The number of anilines is 2. The van der Waals surface area contributed by atoms with Crippen molar-refractivity contribution in [2.45, 2.75) is 18.4 Å². The average molecular weight is 364 g/mol. The van der Waals surface area contributed by atoms with Crippen LogP contribution >= 0.6 is 0 Å². The molecule has 2 N–H and O–H groups in total. The van der Waals surface area contributed by atoms with Crippen LogP contribution in [0.4, 0.5) is 11.4 Å². The van der Waals surface area contributed by atoms with Crippen LogP contribution in [-0.2, 0) is 21.5 Å². The van der Waals surface area contributed by atoms with Gasteiger partial charge in [-0.3, -0.25) is 9.35 Å². The summed E-state index contributed by atoms with van der Waals surface area (Å²) in [5, 5.41) is 2.60. The molecule has 134 valence electrons. The maximum absolute atomic E-state index is 11.3. The number of rotatable bonds is 8. The molecular weight excluding hydrogens is 344 g/mol. The Morgan fingerprint density at radius 1 is 1.24 bits per heavy atom. The van der Waals surface area contributed by atoms with Crippen LogP contribution in [0.15, 0.2) is 47.4 Å². The van der Waals surface area contributed by atoms with Gasteiger partial charge in [-0.1, -0.05) is 12.1 Å². The Balaban J connectivity index is 2.37. The molecule has 8 heteroatoms. The quantitative estimate of drug-likeness (QED) is 0.552. The average Bonchev–Trinajstić information content (AvgIpc) is 2.59. The molecule has 0 atom stereocenters. The molecule has 0 aliphatic heterocycles. The van der Waals surface area contributed by atoms with Crippen LogP contribution in [0.25, 0.3) is 0 Å². The number of nitrogens with zero attached hydrogens (tertiary/aromatic N) is 1. The molecule has 0 bridgehead atoms. The summed E-state index contributed by atoms with van der Waals surface area (Å²) in [7, 11) is -2.70. The van der Waals surface area contributed by atoms with Crippen molar-refractivity contribution in [2.75, 3.05) is 23.9 Å². The van der Waals surface area contributed by atoms with Crippen molar-refractivity contribution in [1.82, 2.24) is 0 Å². The largest absolute Gasteiger partial charge is 0.495 e. The molecule has 0 saturated heterocycles. The molecule has 2 aromatic rings. The predicted molar refractivity (Wildman–Crippen MR) is 95.7 cm³/mol. The van der Waals surface area contributed by atoms with E-state index in [1.54, 1.807) is 37.4 Å². The number of methoxy groups -OCH3 is 1. The predicted octanol–water partition coefficient (Wildman–Crippen LogP) is 2.54. The third kappa shape index (κ3) is 4.71. The molecule has 2 rings (SSSR count). The number of hydrogen-bond donors (Lipinski definition) is 2. The van der Waals surface area contributed by atoms with Gasteiger partial charge in [0.1, 0.15) is 5.75 Å². The molecule has 0 aliphatic carbocycles. The van der Waals surface area contributed by atoms with E-state index in [4.69, 9.17) is 4.74 Å². The number of benzene rings is 2. The zero-order chi connectivity index (χ0) is 18.4. The van der Waals surface area contributed by atoms with Gasteiger partial charge in [-0.2, -0.15) is 8.42 Å². The highest BCUT2D eigenvalue weighted by atomic mass is 32.2. The van der Waals surface area contributed by atoms with Gasteiger partial charge in [0.15, 0.2) is 0 Å². The molecule has 0 aliphatic rings. The van der Waals surface area contributed by atoms with Crippen LogP contribution in [0.2, 0.25) is 0 Å². The summed E-state index contributed by atoms with van der Waals surface area (Å²) in [5.41, 5.74) is 2.10. The Morgan fingerprint density at radius 2 is 2.00 bits per heavy atom. The van der Waals surface area contributed by atoms with Crippen molar-refractivity contribution >= 4 is 27.9 Å². The third-order valence-electron chi connectivity index (χ3n) is 3.70. The molecule has 0 aromatic heterocycles. The van der Waals surface area contributed by atoms with Crippen molar-refractivity contribution in [3.8, 4) is 5.75 Å². The number of carbonyl (C=O) groups excluding carboxylic acids is 1. The second-order valence-corrected chi connectivity index (χ2v) is 6.71. The normalized spacial score (nSPS) is 11.0. The lowest BCUT2D eigenvalue weighted by atomic mass is 10.1. The Kier molecular flexibility index (Phi) is 6.00. The van der Waals surface area contributed by atoms with E-state index in [1.165, 1.54) is 12.1 Å². The lowest BCUT2D eigenvalue weighted by molar-refractivity contribution is -0.105. The van der Waals surface area contributed by atoms with Crippen LogP contribution in [0, 0.1) is 0 Å². The molecule has 0 fully saturated rings. The van der Waals surface area contributed by atoms with E-state index in [2.05, 4.69) is 5.32 Å². The Morgan fingerprint density at radius 3 is 2.60 bits per heavy atom. The van der Waals surface area contributed by atoms with Crippen LogP contribution in [-0.4, -0.2) is 33.0 Å². The molecule has 2 aromatic carbocycles. The summed E-state index contributed by atoms with van der Waals surface area (Å²) in [4.78, 5) is 12.5. The van der Waals surface area contributed by atoms with E-state index < -0.39 is 10.1 Å². The van der Waals surface area contributed by atoms with Crippen LogP contribution < -0.4 is 15.0 Å². The lowest BCUT2D eigenvalue weighted by Gasteiger charge is -2.26. The van der Waals surface area contributed by atoms with Gasteiger partial charge in [0.25, 0.3) is 10.1 Å². The van der Waals surface area contributed by atoms with E-state index in [0.29, 0.717) is 36.5 Å². The number of nitrogens with one attached hydrogen (secondary N) is 1. The van der Waals surface area contributed by atoms with Crippen molar-refractivity contribution in [3.63, 3.8) is 0 Å². The smallest absolute Gasteiger partial charge is 0.294 e. The summed E-state index contributed by atoms with van der Waals surface area (Å²) >= 11 is 0. The van der Waals surface area contributed by atoms with Crippen LogP contribution in [0.3, 0.4) is 0 Å². The number of hydrogen-bond acceptors (Lipinski definition) is 5. The fraction of sp³-hybridized carbons (Fsp3) is 0.235. The van der Waals surface area contributed by atoms with E-state index in [9.17, 15) is 17.8 Å². The third-order valence-corrected chi connectivity index (χ3v) is 4.55. The first-order chi connectivity index (χ1) is 11.9. The van der Waals surface area contributed by atoms with E-state index in [-0.39, 0.29) is 4.90 Å². The number of amides is 1. The standard InChI is InChI=1S/C17H20N2O5S/c1-3-19(11-13-5-4-6-15(9-13)25(21,22)23)16-10-14(18-12-20)7-8-17(16)24-2/h4-10,12H,3,11H2,1-2H3,(H,18,20)(H,21,22,23). The Bertz CT molecular complexity index is 852. The molecular formula is C17H20N2O5S. The SMILES string of the molecule is CCN(Cc1cccc(S(=O)(=O)O)c1)c1cc(NC=O)ccc1OC. The first kappa shape index (κ1) is 18.8. The van der Waals surface area contributed by atoms with E-state index in [0.717, 1.165) is 5.69 Å². The van der Waals surface area contributed by atoms with Gasteiger partial charge in [0.2, 0.25) is 6.41 Å². The summed E-state index contributed by atoms with van der Waals surface area (Å²) in [5.74, 6) is 0.629. The number of ether oxygens (including phenoxy) is 1. The van der Waals surface area contributed by atoms with Gasteiger partial charge < -0.3 is 15.0 Å². The van der Waals surface area contributed by atoms with Gasteiger partial charge in [-0.05, 0) is 42.8 Å². The zero-order valence-corrected chi connectivity index (χ0v) is 14.8. The number of carbonyl (C=O) groups is 1. The Labute approximate surface area is 147 Å². The second kappa shape index (κ2) is 8.00. The first-order valence-electron chi connectivity index (χ1n) is 7.58. The fourth-order valence-corrected chi connectivity index (χ4v) is 3.04. The Hall–Kier alpha value is -2.58. The molecule has 1 amide bonds. The molecule has 0 heterocycles. The highest BCUT2D eigenvalue weighted by Crippen LogP contribution is 2.32. The highest BCUT2D eigenvalue weighted by molar-refractivity contribution is 7.85. The van der Waals surface area contributed by atoms with Gasteiger partial charge in [0.05, 0.1) is 17.7 Å². The van der Waals surface area contributed by atoms with Crippen molar-refractivity contribution in [1.29, 1.82) is 0 Å². The molecule has 0 radical (unpaired) electrons. The van der Waals surface area contributed by atoms with E-state index >= 15 is 0 Å². The van der Waals surface area contributed by atoms with Crippen molar-refractivity contribution in [3.05, 3.63) is 48.0 Å². The topological polar surface area (TPSA) is 95.9 Å². The fourth-order valence-electron chi connectivity index (χ4n) is 2.49. The summed E-state index contributed by atoms with van der Waals surface area (Å²) in [6, 6.07) is 11.4. The van der Waals surface area contributed by atoms with Gasteiger partial charge in [-0.15, -0.1) is 0 Å². The first-order valence-corrected chi connectivity index (χ1v) is 9.02. The molecule has 0 unspecified atom stereocenters. The molecule has 0 saturated carbocycles. The van der Waals surface area contributed by atoms with Gasteiger partial charge in [0, 0.05) is 18.8 Å². The molecule has 7 nitrogen and oxygen atoms in total. The summed E-state index contributed by atoms with van der Waals surface area (Å²) in [6.45, 7) is 2.98. The van der Waals surface area contributed by atoms with Crippen LogP contribution in [0.5, 0.6) is 5.75 Å². The summed E-state index contributed by atoms with van der Waals surface area (Å²) in [6.07, 6.45) is 0.595. The minimum Gasteiger partial charge on any atom is -0.495 e. The maximum atomic E-state index is 11.3. The zero-order valence-electron chi connectivity index (χ0n) is 14.0. The van der Waals surface area contributed by atoms with Crippen molar-refractivity contribution in [2.24, 2.45) is 0 Å². The minimum atomic E-state index is -4.25. The second-order valence-electron chi connectivity index (χ2n) is 5.29. The molecule has 25 heavy (non-hydrogen) atoms. The highest BCUT2D eigenvalue weighted by Gasteiger charge is 2.14. The lowest BCUT2D eigenvalue weighted by Crippen LogP contribution is -2.23. The monoisotopic (exact) mass is 364 g/mol. The minimum absolute atomic E-state index is 0.149. The van der Waals surface area contributed by atoms with Crippen molar-refractivity contribution < 1.29 is 22.5 Å². The summed E-state index contributed by atoms with van der Waals surface area (Å²) < 4.78 is 37.2. The molecule has 0 spiro atoms. The maximum Gasteiger partial charge on any atom is 0.294 e. The van der Waals surface area contributed by atoms with Crippen LogP contribution in [0.1, 0.15) is 12.5 Å². The van der Waals surface area contributed by atoms with Gasteiger partial charge >= 0.3 is 0 Å². The van der Waals surface area contributed by atoms with Gasteiger partial charge in [-0.25, -0.2) is 0 Å².